The van der Waals surface area contributed by atoms with Crippen molar-refractivity contribution in [2.75, 3.05) is 12.4 Å². The van der Waals surface area contributed by atoms with E-state index in [9.17, 15) is 10.1 Å². The molecule has 20 heavy (non-hydrogen) atoms. The topological polar surface area (TPSA) is 64.4 Å². The average molecular weight is 278 g/mol. The Balaban J connectivity index is 2.18. The number of nitro groups is 1. The van der Waals surface area contributed by atoms with Crippen molar-refractivity contribution >= 4 is 11.4 Å². The first-order valence-corrected chi connectivity index (χ1v) is 7.23. The van der Waals surface area contributed by atoms with Gasteiger partial charge in [0.1, 0.15) is 5.69 Å². The zero-order chi connectivity index (χ0) is 14.5. The molecule has 1 N–H and O–H groups in total. The standard InChI is InChI=1S/C15H22N2O3/c1-3-11-6-4-7-12(10-11)16-13-8-5-9-14(20-2)15(13)17(18)19/h5,8-9,11-12,16H,3-4,6-7,10H2,1-2H3. The number of methoxy groups -OCH3 is 1. The van der Waals surface area contributed by atoms with Gasteiger partial charge >= 0.3 is 5.69 Å². The van der Waals surface area contributed by atoms with E-state index in [2.05, 4.69) is 12.2 Å². The molecule has 0 radical (unpaired) electrons. The minimum absolute atomic E-state index is 0.0358. The molecule has 0 amide bonds. The summed E-state index contributed by atoms with van der Waals surface area (Å²) in [5.74, 6) is 1.04. The maximum Gasteiger partial charge on any atom is 0.333 e. The highest BCUT2D eigenvalue weighted by Crippen LogP contribution is 2.37. The van der Waals surface area contributed by atoms with E-state index in [0.717, 1.165) is 18.8 Å². The van der Waals surface area contributed by atoms with Gasteiger partial charge in [0.15, 0.2) is 5.75 Å². The molecule has 1 saturated carbocycles. The molecule has 2 unspecified atom stereocenters. The fourth-order valence-electron chi connectivity index (χ4n) is 3.00. The van der Waals surface area contributed by atoms with Crippen LogP contribution in [0.2, 0.25) is 0 Å². The maximum absolute atomic E-state index is 11.2. The quantitative estimate of drug-likeness (QED) is 0.653. The lowest BCUT2D eigenvalue weighted by atomic mass is 9.84. The van der Waals surface area contributed by atoms with Crippen LogP contribution in [0, 0.1) is 16.0 Å². The Hall–Kier alpha value is -1.78. The third-order valence-corrected chi connectivity index (χ3v) is 4.12. The van der Waals surface area contributed by atoms with Gasteiger partial charge < -0.3 is 10.1 Å². The zero-order valence-corrected chi connectivity index (χ0v) is 12.1. The minimum atomic E-state index is -0.374. The Bertz CT molecular complexity index is 476. The van der Waals surface area contributed by atoms with Crippen LogP contribution < -0.4 is 10.1 Å². The number of nitro benzene ring substituents is 1. The smallest absolute Gasteiger partial charge is 0.333 e. The third kappa shape index (κ3) is 3.21. The van der Waals surface area contributed by atoms with Gasteiger partial charge in [-0.2, -0.15) is 0 Å². The van der Waals surface area contributed by atoms with Crippen LogP contribution in [0.5, 0.6) is 5.75 Å². The highest BCUT2D eigenvalue weighted by atomic mass is 16.6. The lowest BCUT2D eigenvalue weighted by molar-refractivity contribution is -0.384. The summed E-state index contributed by atoms with van der Waals surface area (Å²) in [6, 6.07) is 5.49. The maximum atomic E-state index is 11.2. The van der Waals surface area contributed by atoms with E-state index in [1.807, 2.05) is 0 Å². The predicted octanol–water partition coefficient (Wildman–Crippen LogP) is 3.98. The summed E-state index contributed by atoms with van der Waals surface area (Å²) in [7, 11) is 1.46. The molecule has 110 valence electrons. The van der Waals surface area contributed by atoms with Crippen molar-refractivity contribution < 1.29 is 9.66 Å². The van der Waals surface area contributed by atoms with Crippen LogP contribution in [0.25, 0.3) is 0 Å². The van der Waals surface area contributed by atoms with Gasteiger partial charge in [0.25, 0.3) is 0 Å². The van der Waals surface area contributed by atoms with E-state index in [0.29, 0.717) is 17.5 Å². The molecule has 0 spiro atoms. The highest BCUT2D eigenvalue weighted by Gasteiger charge is 2.25. The van der Waals surface area contributed by atoms with Crippen LogP contribution >= 0.6 is 0 Å². The number of hydrogen-bond acceptors (Lipinski definition) is 4. The summed E-state index contributed by atoms with van der Waals surface area (Å²) in [6.07, 6.45) is 5.80. The van der Waals surface area contributed by atoms with E-state index in [-0.39, 0.29) is 10.6 Å². The fraction of sp³-hybridized carbons (Fsp3) is 0.600. The van der Waals surface area contributed by atoms with Gasteiger partial charge in [0.2, 0.25) is 0 Å². The van der Waals surface area contributed by atoms with Crippen LogP contribution in [-0.4, -0.2) is 18.1 Å². The van der Waals surface area contributed by atoms with Gasteiger partial charge in [-0.15, -0.1) is 0 Å². The second-order valence-corrected chi connectivity index (χ2v) is 5.40. The molecule has 0 bridgehead atoms. The number of anilines is 1. The molecule has 2 atom stereocenters. The van der Waals surface area contributed by atoms with Crippen molar-refractivity contribution in [2.24, 2.45) is 5.92 Å². The molecule has 1 fully saturated rings. The molecule has 1 aromatic rings. The number of ether oxygens (including phenoxy) is 1. The first-order chi connectivity index (χ1) is 9.65. The molecule has 1 aromatic carbocycles. The Morgan fingerprint density at radius 1 is 1.45 bits per heavy atom. The van der Waals surface area contributed by atoms with Crippen LogP contribution in [-0.2, 0) is 0 Å². The normalized spacial score (nSPS) is 22.3. The van der Waals surface area contributed by atoms with E-state index in [1.54, 1.807) is 18.2 Å². The first kappa shape index (κ1) is 14.6. The molecule has 5 nitrogen and oxygen atoms in total. The number of nitrogens with one attached hydrogen (secondary N) is 1. The van der Waals surface area contributed by atoms with Crippen LogP contribution in [0.3, 0.4) is 0 Å². The average Bonchev–Trinajstić information content (AvgIpc) is 2.46. The number of para-hydroxylation sites is 1. The molecule has 0 aliphatic heterocycles. The molecular weight excluding hydrogens is 256 g/mol. The van der Waals surface area contributed by atoms with Crippen molar-refractivity contribution in [1.82, 2.24) is 0 Å². The van der Waals surface area contributed by atoms with E-state index >= 15 is 0 Å². The molecule has 5 heteroatoms. The van der Waals surface area contributed by atoms with Crippen molar-refractivity contribution in [2.45, 2.75) is 45.1 Å². The van der Waals surface area contributed by atoms with Gasteiger partial charge in [0.05, 0.1) is 12.0 Å². The monoisotopic (exact) mass is 278 g/mol. The predicted molar refractivity (Wildman–Crippen MR) is 79.3 cm³/mol. The van der Waals surface area contributed by atoms with Gasteiger partial charge in [-0.3, -0.25) is 10.1 Å². The second-order valence-electron chi connectivity index (χ2n) is 5.40. The van der Waals surface area contributed by atoms with Crippen molar-refractivity contribution in [3.63, 3.8) is 0 Å². The minimum Gasteiger partial charge on any atom is -0.490 e. The lowest BCUT2D eigenvalue weighted by Crippen LogP contribution is -2.27. The van der Waals surface area contributed by atoms with Crippen molar-refractivity contribution in [1.29, 1.82) is 0 Å². The largest absolute Gasteiger partial charge is 0.490 e. The summed E-state index contributed by atoms with van der Waals surface area (Å²) in [6.45, 7) is 2.21. The SMILES string of the molecule is CCC1CCCC(Nc2cccc(OC)c2[N+](=O)[O-])C1. The highest BCUT2D eigenvalue weighted by molar-refractivity contribution is 5.68. The molecule has 1 aliphatic rings. The molecular formula is C15H22N2O3. The number of benzene rings is 1. The second kappa shape index (κ2) is 6.59. The fourth-order valence-corrected chi connectivity index (χ4v) is 3.00. The first-order valence-electron chi connectivity index (χ1n) is 7.23. The van der Waals surface area contributed by atoms with E-state index in [4.69, 9.17) is 4.74 Å². The summed E-state index contributed by atoms with van der Waals surface area (Å²) >= 11 is 0. The number of nitrogens with zero attached hydrogens (tertiary/aromatic N) is 1. The van der Waals surface area contributed by atoms with Crippen LogP contribution in [0.4, 0.5) is 11.4 Å². The van der Waals surface area contributed by atoms with Crippen LogP contribution in [0.1, 0.15) is 39.0 Å². The van der Waals surface area contributed by atoms with Crippen LogP contribution in [0.15, 0.2) is 18.2 Å². The summed E-state index contributed by atoms with van der Waals surface area (Å²) in [5, 5.41) is 14.6. The summed E-state index contributed by atoms with van der Waals surface area (Å²) < 4.78 is 5.10. The molecule has 0 heterocycles. The third-order valence-electron chi connectivity index (χ3n) is 4.12. The molecule has 1 aliphatic carbocycles. The lowest BCUT2D eigenvalue weighted by Gasteiger charge is -2.29. The molecule has 0 aromatic heterocycles. The summed E-state index contributed by atoms with van der Waals surface area (Å²) in [5.41, 5.74) is 0.602. The number of hydrogen-bond donors (Lipinski definition) is 1. The van der Waals surface area contributed by atoms with E-state index < -0.39 is 0 Å². The van der Waals surface area contributed by atoms with Gasteiger partial charge in [-0.1, -0.05) is 32.3 Å². The molecule has 2 rings (SSSR count). The molecule has 0 saturated heterocycles. The van der Waals surface area contributed by atoms with Gasteiger partial charge in [-0.05, 0) is 30.9 Å². The van der Waals surface area contributed by atoms with Crippen molar-refractivity contribution in [3.8, 4) is 5.75 Å². The van der Waals surface area contributed by atoms with E-state index in [1.165, 1.54) is 26.4 Å². The number of rotatable bonds is 5. The summed E-state index contributed by atoms with van der Waals surface area (Å²) in [4.78, 5) is 10.9. The zero-order valence-electron chi connectivity index (χ0n) is 12.1. The van der Waals surface area contributed by atoms with Crippen molar-refractivity contribution in [3.05, 3.63) is 28.3 Å². The Morgan fingerprint density at radius 3 is 2.90 bits per heavy atom. The Morgan fingerprint density at radius 2 is 2.25 bits per heavy atom. The van der Waals surface area contributed by atoms with Gasteiger partial charge in [0, 0.05) is 6.04 Å². The van der Waals surface area contributed by atoms with Gasteiger partial charge in [-0.25, -0.2) is 0 Å². The Kier molecular flexibility index (Phi) is 4.82. The Labute approximate surface area is 119 Å².